The Morgan fingerprint density at radius 3 is 2.62 bits per heavy atom. The molecule has 0 aliphatic heterocycles. The predicted octanol–water partition coefficient (Wildman–Crippen LogP) is 3.66. The van der Waals surface area contributed by atoms with Crippen LogP contribution in [-0.2, 0) is 4.74 Å². The van der Waals surface area contributed by atoms with Crippen molar-refractivity contribution in [3.8, 4) is 11.1 Å². The number of rotatable bonds is 4. The van der Waals surface area contributed by atoms with Crippen LogP contribution in [0.15, 0.2) is 30.6 Å². The number of hydrogen-bond acceptors (Lipinski definition) is 4. The minimum atomic E-state index is -0.581. The number of nitro groups is 1. The maximum Gasteiger partial charge on any atom is 0.295 e. The largest absolute Gasteiger partial charge is 0.375 e. The quantitative estimate of drug-likeness (QED) is 0.634. The molecule has 0 atom stereocenters. The molecule has 2 aromatic rings. The van der Waals surface area contributed by atoms with Crippen molar-refractivity contribution < 1.29 is 14.5 Å². The second-order valence-electron chi connectivity index (χ2n) is 4.15. The van der Waals surface area contributed by atoms with Crippen molar-refractivity contribution in [3.05, 3.63) is 50.8 Å². The Morgan fingerprint density at radius 2 is 2.00 bits per heavy atom. The number of carbonyl (C=O) groups is 1. The molecular weight excluding hydrogens is 319 g/mol. The Balaban J connectivity index is 2.56. The Kier molecular flexibility index (Phi) is 4.62. The van der Waals surface area contributed by atoms with Crippen molar-refractivity contribution in [1.29, 1.82) is 0 Å². The molecule has 0 saturated heterocycles. The van der Waals surface area contributed by atoms with Crippen molar-refractivity contribution in [2.75, 3.05) is 13.7 Å². The lowest BCUT2D eigenvalue weighted by atomic mass is 10.1. The number of hydrogen-bond donors (Lipinski definition) is 0. The van der Waals surface area contributed by atoms with E-state index in [0.717, 1.165) is 0 Å². The molecule has 1 heterocycles. The lowest BCUT2D eigenvalue weighted by Gasteiger charge is -2.03. The van der Waals surface area contributed by atoms with Crippen LogP contribution < -0.4 is 0 Å². The highest BCUT2D eigenvalue weighted by atomic mass is 35.5. The molecule has 0 radical (unpaired) electrons. The third-order valence-electron chi connectivity index (χ3n) is 2.79. The SMILES string of the molecule is COCC(=O)n1cc(Cl)c(-c2cccc(Cl)c2[N+](=O)[O-])c1. The van der Waals surface area contributed by atoms with Crippen molar-refractivity contribution >= 4 is 34.8 Å². The summed E-state index contributed by atoms with van der Waals surface area (Å²) < 4.78 is 5.98. The highest BCUT2D eigenvalue weighted by Crippen LogP contribution is 2.39. The number of ether oxygens (including phenoxy) is 1. The molecular formula is C13H10Cl2N2O4. The summed E-state index contributed by atoms with van der Waals surface area (Å²) in [6.45, 7) is -0.123. The van der Waals surface area contributed by atoms with Gasteiger partial charge < -0.3 is 4.74 Å². The van der Waals surface area contributed by atoms with E-state index in [9.17, 15) is 14.9 Å². The van der Waals surface area contributed by atoms with E-state index in [-0.39, 0.29) is 33.8 Å². The van der Waals surface area contributed by atoms with Gasteiger partial charge in [0.25, 0.3) is 11.6 Å². The van der Waals surface area contributed by atoms with Gasteiger partial charge in [-0.3, -0.25) is 19.5 Å². The standard InChI is InChI=1S/C13H10Cl2N2O4/c1-21-7-12(18)16-5-9(11(15)6-16)8-3-2-4-10(14)13(8)17(19)20/h2-6H,7H2,1H3. The summed E-state index contributed by atoms with van der Waals surface area (Å²) in [5.41, 5.74) is 0.356. The first-order valence-electron chi connectivity index (χ1n) is 5.78. The van der Waals surface area contributed by atoms with Gasteiger partial charge in [0.15, 0.2) is 0 Å². The maximum atomic E-state index is 11.7. The smallest absolute Gasteiger partial charge is 0.295 e. The normalized spacial score (nSPS) is 10.6. The van der Waals surface area contributed by atoms with Gasteiger partial charge in [0.2, 0.25) is 0 Å². The van der Waals surface area contributed by atoms with Crippen molar-refractivity contribution in [3.63, 3.8) is 0 Å². The monoisotopic (exact) mass is 328 g/mol. The second kappa shape index (κ2) is 6.26. The average Bonchev–Trinajstić information content (AvgIpc) is 2.80. The van der Waals surface area contributed by atoms with Gasteiger partial charge in [0.1, 0.15) is 11.6 Å². The molecule has 110 valence electrons. The fourth-order valence-corrected chi connectivity index (χ4v) is 2.39. The first-order valence-corrected chi connectivity index (χ1v) is 6.54. The van der Waals surface area contributed by atoms with Gasteiger partial charge in [-0.25, -0.2) is 0 Å². The number of carbonyl (C=O) groups excluding carboxylic acids is 1. The van der Waals surface area contributed by atoms with Gasteiger partial charge >= 0.3 is 0 Å². The first-order chi connectivity index (χ1) is 9.95. The zero-order chi connectivity index (χ0) is 15.6. The summed E-state index contributed by atoms with van der Waals surface area (Å²) in [6, 6.07) is 4.52. The second-order valence-corrected chi connectivity index (χ2v) is 4.96. The van der Waals surface area contributed by atoms with Crippen molar-refractivity contribution in [1.82, 2.24) is 4.57 Å². The number of nitro benzene ring substituents is 1. The van der Waals surface area contributed by atoms with E-state index >= 15 is 0 Å². The Labute approximate surface area is 130 Å². The lowest BCUT2D eigenvalue weighted by molar-refractivity contribution is -0.384. The maximum absolute atomic E-state index is 11.7. The molecule has 0 unspecified atom stereocenters. The molecule has 0 fully saturated rings. The number of halogens is 2. The molecule has 1 aromatic carbocycles. The Morgan fingerprint density at radius 1 is 1.29 bits per heavy atom. The van der Waals surface area contributed by atoms with E-state index in [1.807, 2.05) is 0 Å². The Bertz CT molecular complexity index is 712. The van der Waals surface area contributed by atoms with Crippen LogP contribution in [0.5, 0.6) is 0 Å². The molecule has 2 rings (SSSR count). The number of methoxy groups -OCH3 is 1. The number of nitrogens with zero attached hydrogens (tertiary/aromatic N) is 2. The minimum Gasteiger partial charge on any atom is -0.375 e. The molecule has 1 aromatic heterocycles. The predicted molar refractivity (Wildman–Crippen MR) is 79.0 cm³/mol. The zero-order valence-corrected chi connectivity index (χ0v) is 12.4. The summed E-state index contributed by atoms with van der Waals surface area (Å²) in [5, 5.41) is 11.4. The van der Waals surface area contributed by atoms with E-state index in [2.05, 4.69) is 0 Å². The van der Waals surface area contributed by atoms with Crippen LogP contribution in [0.1, 0.15) is 4.79 Å². The summed E-state index contributed by atoms with van der Waals surface area (Å²) in [7, 11) is 1.39. The van der Waals surface area contributed by atoms with Crippen LogP contribution in [0.2, 0.25) is 10.0 Å². The van der Waals surface area contributed by atoms with Gasteiger partial charge in [-0.05, 0) is 12.1 Å². The van der Waals surface area contributed by atoms with Gasteiger partial charge in [-0.15, -0.1) is 0 Å². The summed E-state index contributed by atoms with van der Waals surface area (Å²) in [5.74, 6) is -0.338. The third kappa shape index (κ3) is 3.07. The van der Waals surface area contributed by atoms with E-state index in [0.29, 0.717) is 5.56 Å². The van der Waals surface area contributed by atoms with Crippen LogP contribution in [0, 0.1) is 10.1 Å². The van der Waals surface area contributed by atoms with Gasteiger partial charge in [-0.2, -0.15) is 0 Å². The highest BCUT2D eigenvalue weighted by Gasteiger charge is 2.23. The Hall–Kier alpha value is -1.89. The fourth-order valence-electron chi connectivity index (χ4n) is 1.89. The fraction of sp³-hybridized carbons (Fsp3) is 0.154. The highest BCUT2D eigenvalue weighted by molar-refractivity contribution is 6.35. The molecule has 0 N–H and O–H groups in total. The number of benzene rings is 1. The van der Waals surface area contributed by atoms with E-state index < -0.39 is 4.92 Å². The van der Waals surface area contributed by atoms with Gasteiger partial charge in [0.05, 0.1) is 15.5 Å². The van der Waals surface area contributed by atoms with Crippen molar-refractivity contribution in [2.45, 2.75) is 0 Å². The van der Waals surface area contributed by atoms with Crippen LogP contribution in [0.3, 0.4) is 0 Å². The van der Waals surface area contributed by atoms with E-state index in [1.165, 1.54) is 36.2 Å². The van der Waals surface area contributed by atoms with Crippen molar-refractivity contribution in [2.24, 2.45) is 0 Å². The molecule has 0 bridgehead atoms. The topological polar surface area (TPSA) is 74.4 Å². The summed E-state index contributed by atoms with van der Waals surface area (Å²) in [6.07, 6.45) is 2.80. The van der Waals surface area contributed by atoms with Crippen LogP contribution in [-0.4, -0.2) is 29.1 Å². The molecule has 0 amide bonds. The molecule has 0 saturated carbocycles. The first kappa shape index (κ1) is 15.5. The molecule has 0 aliphatic rings. The van der Waals surface area contributed by atoms with E-state index in [1.54, 1.807) is 6.07 Å². The molecule has 6 nitrogen and oxygen atoms in total. The number of para-hydroxylation sites is 1. The summed E-state index contributed by atoms with van der Waals surface area (Å²) in [4.78, 5) is 22.3. The number of aromatic nitrogens is 1. The average molecular weight is 329 g/mol. The van der Waals surface area contributed by atoms with Crippen LogP contribution >= 0.6 is 23.2 Å². The van der Waals surface area contributed by atoms with E-state index in [4.69, 9.17) is 27.9 Å². The molecule has 8 heteroatoms. The third-order valence-corrected chi connectivity index (χ3v) is 3.40. The van der Waals surface area contributed by atoms with Crippen LogP contribution in [0.25, 0.3) is 11.1 Å². The molecule has 0 aliphatic carbocycles. The minimum absolute atomic E-state index is 0.00420. The summed E-state index contributed by atoms with van der Waals surface area (Å²) >= 11 is 11.9. The van der Waals surface area contributed by atoms with Gasteiger partial charge in [0, 0.05) is 25.1 Å². The molecule has 21 heavy (non-hydrogen) atoms. The zero-order valence-electron chi connectivity index (χ0n) is 10.9. The lowest BCUT2D eigenvalue weighted by Crippen LogP contribution is -2.14. The van der Waals surface area contributed by atoms with Crippen LogP contribution in [0.4, 0.5) is 5.69 Å². The van der Waals surface area contributed by atoms with Gasteiger partial charge in [-0.1, -0.05) is 29.3 Å². The molecule has 0 spiro atoms.